The van der Waals surface area contributed by atoms with Gasteiger partial charge in [0.15, 0.2) is 0 Å². The van der Waals surface area contributed by atoms with E-state index >= 15 is 0 Å². The molecular formula is H4I4NbO2. The van der Waals surface area contributed by atoms with Crippen molar-refractivity contribution in [3.8, 4) is 0 Å². The van der Waals surface area contributed by atoms with Crippen molar-refractivity contribution in [2.45, 2.75) is 0 Å². The zero-order valence-corrected chi connectivity index (χ0v) is 13.8. The fourth-order valence-electron chi connectivity index (χ4n) is 0. The number of rotatable bonds is 0. The van der Waals surface area contributed by atoms with E-state index < -0.39 is 1.87 Å². The molecule has 49 valence electrons. The van der Waals surface area contributed by atoms with Gasteiger partial charge in [-0.2, -0.15) is 0 Å². The fraction of sp³-hybridized carbons (Fsp3) is 0. The van der Waals surface area contributed by atoms with Crippen molar-refractivity contribution < 1.29 is 12.8 Å². The average Bonchev–Trinajstić information content (AvgIpc) is 0.722. The van der Waals surface area contributed by atoms with Gasteiger partial charge >= 0.3 is 78.0 Å². The summed E-state index contributed by atoms with van der Waals surface area (Å²) in [6, 6.07) is 0. The van der Waals surface area contributed by atoms with Crippen molar-refractivity contribution in [2.75, 3.05) is 0 Å². The molecule has 0 spiro atoms. The van der Waals surface area contributed by atoms with Gasteiger partial charge in [0.25, 0.3) is 0 Å². The fourth-order valence-corrected chi connectivity index (χ4v) is 0. The summed E-state index contributed by atoms with van der Waals surface area (Å²) in [7, 11) is 0. The summed E-state index contributed by atoms with van der Waals surface area (Å²) >= 11 is 10.2. The Hall–Kier alpha value is 3.58. The Kier molecular flexibility index (Phi) is 18.6. The molecule has 7 heavy (non-hydrogen) atoms. The van der Waals surface area contributed by atoms with Crippen molar-refractivity contribution in [1.82, 2.24) is 0 Å². The standard InChI is InChI=1S/4HI.Nb.2H2O/h4*1H;;2*1H2/q;;;;+4;;/p-4. The Labute approximate surface area is 86.2 Å². The van der Waals surface area contributed by atoms with Crippen molar-refractivity contribution in [3.63, 3.8) is 0 Å². The molecule has 0 aromatic rings. The van der Waals surface area contributed by atoms with Crippen LogP contribution in [0.4, 0.5) is 0 Å². The summed E-state index contributed by atoms with van der Waals surface area (Å²) in [5.74, 6) is 0. The third-order valence-corrected chi connectivity index (χ3v) is 0. The molecule has 0 unspecified atom stereocenters. The van der Waals surface area contributed by atoms with E-state index in [4.69, 9.17) is 0 Å². The van der Waals surface area contributed by atoms with Crippen LogP contribution in [0.15, 0.2) is 0 Å². The predicted molar refractivity (Wildman–Crippen MR) is 63.3 cm³/mol. The summed E-state index contributed by atoms with van der Waals surface area (Å²) in [4.78, 5) is 0. The molecule has 0 aliphatic carbocycles. The molecular weight excluding hydrogens is 633 g/mol. The van der Waals surface area contributed by atoms with Crippen LogP contribution in [0.25, 0.3) is 0 Å². The van der Waals surface area contributed by atoms with Gasteiger partial charge in [-0.05, 0) is 0 Å². The van der Waals surface area contributed by atoms with Gasteiger partial charge in [0.1, 0.15) is 0 Å². The Bertz CT molecular complexity index is 25.2. The van der Waals surface area contributed by atoms with E-state index in [1.165, 1.54) is 0 Å². The molecule has 0 aliphatic heterocycles. The molecule has 0 atom stereocenters. The first kappa shape index (κ1) is 16.9. The minimum absolute atomic E-state index is 0. The van der Waals surface area contributed by atoms with Crippen LogP contribution >= 0.6 is 76.1 Å². The number of hydrogen-bond donors (Lipinski definition) is 0. The van der Waals surface area contributed by atoms with Crippen LogP contribution in [0.2, 0.25) is 0 Å². The van der Waals surface area contributed by atoms with Gasteiger partial charge in [-0.3, -0.25) is 0 Å². The van der Waals surface area contributed by atoms with Crippen LogP contribution in [0.3, 0.4) is 0 Å². The normalized spacial score (nSPS) is 8.57. The average molecular weight is 637 g/mol. The van der Waals surface area contributed by atoms with Crippen molar-refractivity contribution in [2.24, 2.45) is 0 Å². The maximum atomic E-state index is 2.54. The molecule has 0 radical (unpaired) electrons. The van der Waals surface area contributed by atoms with Crippen LogP contribution < -0.4 is 0 Å². The van der Waals surface area contributed by atoms with Gasteiger partial charge in [0, 0.05) is 0 Å². The van der Waals surface area contributed by atoms with Gasteiger partial charge in [0.2, 0.25) is 0 Å². The molecule has 0 aromatic carbocycles. The predicted octanol–water partition coefficient (Wildman–Crippen LogP) is 1.89. The molecule has 0 bridgehead atoms. The van der Waals surface area contributed by atoms with E-state index in [9.17, 15) is 0 Å². The molecule has 2 nitrogen and oxygen atoms in total. The molecule has 4 N–H and O–H groups in total. The summed E-state index contributed by atoms with van der Waals surface area (Å²) in [5.41, 5.74) is 0. The van der Waals surface area contributed by atoms with Crippen molar-refractivity contribution in [3.05, 3.63) is 0 Å². The Morgan fingerprint density at radius 1 is 0.714 bits per heavy atom. The van der Waals surface area contributed by atoms with Crippen LogP contribution in [-0.2, 0) is 1.87 Å². The molecule has 0 rings (SSSR count). The van der Waals surface area contributed by atoms with E-state index in [1.807, 2.05) is 0 Å². The van der Waals surface area contributed by atoms with E-state index in [0.29, 0.717) is 0 Å². The zero-order valence-electron chi connectivity index (χ0n) is 2.96. The van der Waals surface area contributed by atoms with Gasteiger partial charge < -0.3 is 11.0 Å². The second kappa shape index (κ2) is 7.68. The quantitative estimate of drug-likeness (QED) is 0.288. The topological polar surface area (TPSA) is 63.0 Å². The summed E-state index contributed by atoms with van der Waals surface area (Å²) in [5, 5.41) is 0. The monoisotopic (exact) mass is 637 g/mol. The molecule has 0 aliphatic rings. The molecule has 0 aromatic heterocycles. The van der Waals surface area contributed by atoms with E-state index in [2.05, 4.69) is 76.1 Å². The van der Waals surface area contributed by atoms with Crippen LogP contribution in [-0.4, -0.2) is 11.0 Å². The number of hydrogen-bond acceptors (Lipinski definition) is 0. The second-order valence-electron chi connectivity index (χ2n) is 0.383. The molecule has 0 heterocycles. The SMILES string of the molecule is O.O.[I][Nb]([I])([I])[I]. The van der Waals surface area contributed by atoms with Crippen molar-refractivity contribution in [1.29, 1.82) is 0 Å². The first-order valence-corrected chi connectivity index (χ1v) is 26.8. The maximum absolute atomic E-state index is 2.54. The van der Waals surface area contributed by atoms with Gasteiger partial charge in [-0.1, -0.05) is 0 Å². The Morgan fingerprint density at radius 3 is 0.714 bits per heavy atom. The number of halogens is 4. The van der Waals surface area contributed by atoms with E-state index in [0.717, 1.165) is 0 Å². The molecule has 0 fully saturated rings. The molecule has 0 saturated carbocycles. The third-order valence-electron chi connectivity index (χ3n) is 0. The Balaban J connectivity index is -0.0000000800. The van der Waals surface area contributed by atoms with Crippen molar-refractivity contribution >= 4 is 76.1 Å². The first-order chi connectivity index (χ1) is 2.00. The van der Waals surface area contributed by atoms with Crippen LogP contribution in [0.5, 0.6) is 0 Å². The molecule has 0 saturated heterocycles. The second-order valence-corrected chi connectivity index (χ2v) is 102. The molecule has 7 heteroatoms. The summed E-state index contributed by atoms with van der Waals surface area (Å²) < 4.78 is -1.22. The van der Waals surface area contributed by atoms with Crippen LogP contribution in [0, 0.1) is 0 Å². The Morgan fingerprint density at radius 2 is 0.714 bits per heavy atom. The zero-order chi connectivity index (χ0) is 4.50. The molecule has 0 amide bonds. The summed E-state index contributed by atoms with van der Waals surface area (Å²) in [6.07, 6.45) is 0. The van der Waals surface area contributed by atoms with E-state index in [-0.39, 0.29) is 11.0 Å². The summed E-state index contributed by atoms with van der Waals surface area (Å²) in [6.45, 7) is 0. The first-order valence-electron chi connectivity index (χ1n) is 0.676. The van der Waals surface area contributed by atoms with Gasteiger partial charge in [-0.15, -0.1) is 0 Å². The minimum atomic E-state index is -1.22. The van der Waals surface area contributed by atoms with Gasteiger partial charge in [-0.25, -0.2) is 0 Å². The third kappa shape index (κ3) is 42.9. The van der Waals surface area contributed by atoms with E-state index in [1.54, 1.807) is 0 Å². The van der Waals surface area contributed by atoms with Gasteiger partial charge in [0.05, 0.1) is 0 Å². The van der Waals surface area contributed by atoms with Crippen LogP contribution in [0.1, 0.15) is 0 Å².